The van der Waals surface area contributed by atoms with Gasteiger partial charge in [-0.25, -0.2) is 15.0 Å². The second kappa shape index (κ2) is 12.7. The van der Waals surface area contributed by atoms with E-state index in [0.29, 0.717) is 17.5 Å². The Balaban J connectivity index is 1.14. The lowest BCUT2D eigenvalue weighted by Crippen LogP contribution is -2.01. The van der Waals surface area contributed by atoms with E-state index in [9.17, 15) is 0 Å². The number of hydrogen-bond donors (Lipinski definition) is 0. The van der Waals surface area contributed by atoms with Crippen molar-refractivity contribution in [1.82, 2.24) is 15.0 Å². The Morgan fingerprint density at radius 2 is 0.705 bits per heavy atom. The monoisotopic (exact) mass is 827 g/mol. The van der Waals surface area contributed by atoms with Crippen molar-refractivity contribution in [3.05, 3.63) is 176 Å². The van der Waals surface area contributed by atoms with E-state index in [4.69, 9.17) is 15.0 Å². The van der Waals surface area contributed by atoms with E-state index < -0.39 is 0 Å². The molecule has 0 fully saturated rings. The first-order valence-electron chi connectivity index (χ1n) is 20.4. The Labute approximate surface area is 360 Å². The number of aromatic nitrogens is 3. The van der Waals surface area contributed by atoms with Gasteiger partial charge in [0.05, 0.1) is 0 Å². The Bertz CT molecular complexity index is 4060. The first-order chi connectivity index (χ1) is 30.2. The van der Waals surface area contributed by atoms with E-state index in [0.717, 1.165) is 22.1 Å². The summed E-state index contributed by atoms with van der Waals surface area (Å²) in [4.78, 5) is 16.5. The van der Waals surface area contributed by atoms with Crippen molar-refractivity contribution in [2.75, 3.05) is 0 Å². The maximum atomic E-state index is 5.58. The van der Waals surface area contributed by atoms with Crippen LogP contribution in [0.4, 0.5) is 0 Å². The maximum absolute atomic E-state index is 5.58. The summed E-state index contributed by atoms with van der Waals surface area (Å²) in [5, 5.41) is 17.1. The van der Waals surface area contributed by atoms with E-state index >= 15 is 0 Å². The van der Waals surface area contributed by atoms with Crippen LogP contribution in [0.3, 0.4) is 0 Å². The van der Waals surface area contributed by atoms with Crippen LogP contribution in [0.15, 0.2) is 176 Å². The summed E-state index contributed by atoms with van der Waals surface area (Å²) in [6.07, 6.45) is 0. The van der Waals surface area contributed by atoms with Gasteiger partial charge < -0.3 is 0 Å². The fraction of sp³-hybridized carbons (Fsp3) is 0. The molecule has 6 heteroatoms. The van der Waals surface area contributed by atoms with Crippen LogP contribution in [0.25, 0.3) is 138 Å². The predicted molar refractivity (Wildman–Crippen MR) is 265 cm³/mol. The van der Waals surface area contributed by atoms with Crippen molar-refractivity contribution in [2.24, 2.45) is 0 Å². The van der Waals surface area contributed by atoms with Gasteiger partial charge in [-0.3, -0.25) is 0 Å². The minimum absolute atomic E-state index is 0.663. The van der Waals surface area contributed by atoms with Gasteiger partial charge in [-0.05, 0) is 80.2 Å². The molecule has 0 atom stereocenters. The van der Waals surface area contributed by atoms with Gasteiger partial charge in [0.25, 0.3) is 0 Å². The Morgan fingerprint density at radius 1 is 0.262 bits per heavy atom. The summed E-state index contributed by atoms with van der Waals surface area (Å²) in [6, 6.07) is 64.2. The lowest BCUT2D eigenvalue weighted by atomic mass is 9.89. The smallest absolute Gasteiger partial charge is 0.165 e. The van der Waals surface area contributed by atoms with Crippen molar-refractivity contribution in [1.29, 1.82) is 0 Å². The molecule has 14 aromatic rings. The summed E-state index contributed by atoms with van der Waals surface area (Å²) in [5.74, 6) is 2.00. The average Bonchev–Trinajstić information content (AvgIpc) is 4.00. The van der Waals surface area contributed by atoms with Crippen LogP contribution in [0.5, 0.6) is 0 Å². The SMILES string of the molecule is c1ccc2cc3c(cc2c1)sc1cc2c4ccccc4c4ccccc4c2c(-c2nc(-c4ccc5c(c4)sc4ccccc45)nc(-c4ccc5c(c4)sc4ccccc45)n2)c13. The minimum atomic E-state index is 0.663. The average molecular weight is 828 g/mol. The van der Waals surface area contributed by atoms with Crippen molar-refractivity contribution in [3.8, 4) is 34.2 Å². The van der Waals surface area contributed by atoms with Crippen molar-refractivity contribution >= 4 is 138 Å². The van der Waals surface area contributed by atoms with Gasteiger partial charge in [0, 0.05) is 82.6 Å². The van der Waals surface area contributed by atoms with Gasteiger partial charge in [-0.15, -0.1) is 34.0 Å². The summed E-state index contributed by atoms with van der Waals surface area (Å²) in [5.41, 5.74) is 2.99. The normalized spacial score (nSPS) is 12.3. The molecular formula is C55H29N3S3. The van der Waals surface area contributed by atoms with Gasteiger partial charge in [0.15, 0.2) is 17.5 Å². The summed E-state index contributed by atoms with van der Waals surface area (Å²) < 4.78 is 7.45. The first kappa shape index (κ1) is 33.7. The quantitative estimate of drug-likeness (QED) is 0.167. The number of rotatable bonds is 3. The van der Waals surface area contributed by atoms with Crippen LogP contribution in [0.1, 0.15) is 0 Å². The molecule has 0 N–H and O–H groups in total. The standard InChI is InChI=1S/C55H29N3S3/c1-2-12-31-26-48-43(25-30(31)11-1)51-49(61-48)29-42-36-15-4-3-13-34(36)35-14-5-6-18-41(35)50(42)52(51)55-57-53(32-21-23-39-37-16-7-9-19-44(37)59-46(39)27-32)56-54(58-55)33-22-24-40-38-17-8-10-20-45(38)60-47(40)28-33/h1-29H. The van der Waals surface area contributed by atoms with Crippen LogP contribution >= 0.6 is 34.0 Å². The molecule has 0 unspecified atom stereocenters. The predicted octanol–water partition coefficient (Wildman–Crippen LogP) is 16.6. The van der Waals surface area contributed by atoms with Crippen molar-refractivity contribution < 1.29 is 0 Å². The molecule has 61 heavy (non-hydrogen) atoms. The van der Waals surface area contributed by atoms with Gasteiger partial charge in [0.2, 0.25) is 0 Å². The van der Waals surface area contributed by atoms with Crippen LogP contribution < -0.4 is 0 Å². The van der Waals surface area contributed by atoms with Gasteiger partial charge in [-0.2, -0.15) is 0 Å². The number of hydrogen-bond acceptors (Lipinski definition) is 6. The molecule has 4 heterocycles. The first-order valence-corrected chi connectivity index (χ1v) is 22.9. The highest BCUT2D eigenvalue weighted by Gasteiger charge is 2.24. The van der Waals surface area contributed by atoms with E-state index in [1.165, 1.54) is 98.2 Å². The number of thiophene rings is 3. The van der Waals surface area contributed by atoms with E-state index in [1.807, 2.05) is 34.0 Å². The molecule has 0 radical (unpaired) electrons. The lowest BCUT2D eigenvalue weighted by molar-refractivity contribution is 1.08. The molecule has 0 amide bonds. The molecule has 0 spiro atoms. The van der Waals surface area contributed by atoms with Crippen LogP contribution in [0.2, 0.25) is 0 Å². The zero-order valence-electron chi connectivity index (χ0n) is 32.3. The molecule has 0 aliphatic carbocycles. The van der Waals surface area contributed by atoms with Gasteiger partial charge in [-0.1, -0.05) is 133 Å². The highest BCUT2D eigenvalue weighted by Crippen LogP contribution is 2.49. The van der Waals surface area contributed by atoms with E-state index in [2.05, 4.69) is 176 Å². The Hall–Kier alpha value is -7.09. The molecule has 3 nitrogen and oxygen atoms in total. The minimum Gasteiger partial charge on any atom is -0.208 e. The third-order valence-corrected chi connectivity index (χ3v) is 15.8. The summed E-state index contributed by atoms with van der Waals surface area (Å²) in [6.45, 7) is 0. The third-order valence-electron chi connectivity index (χ3n) is 12.5. The second-order valence-corrected chi connectivity index (χ2v) is 19.1. The zero-order chi connectivity index (χ0) is 39.8. The topological polar surface area (TPSA) is 38.7 Å². The molecule has 4 aromatic heterocycles. The summed E-state index contributed by atoms with van der Waals surface area (Å²) >= 11 is 5.49. The largest absolute Gasteiger partial charge is 0.208 e. The van der Waals surface area contributed by atoms with Crippen LogP contribution in [-0.4, -0.2) is 15.0 Å². The van der Waals surface area contributed by atoms with Crippen LogP contribution in [-0.2, 0) is 0 Å². The molecule has 0 aliphatic rings. The molecule has 0 aliphatic heterocycles. The molecule has 0 bridgehead atoms. The molecule has 10 aromatic carbocycles. The highest BCUT2D eigenvalue weighted by atomic mass is 32.1. The van der Waals surface area contributed by atoms with Crippen LogP contribution in [0, 0.1) is 0 Å². The molecular weight excluding hydrogens is 799 g/mol. The Kier molecular flexibility index (Phi) is 7.02. The van der Waals surface area contributed by atoms with Gasteiger partial charge >= 0.3 is 0 Å². The number of benzene rings is 10. The zero-order valence-corrected chi connectivity index (χ0v) is 34.8. The Morgan fingerprint density at radius 3 is 1.33 bits per heavy atom. The third kappa shape index (κ3) is 4.98. The van der Waals surface area contributed by atoms with Crippen molar-refractivity contribution in [3.63, 3.8) is 0 Å². The fourth-order valence-electron chi connectivity index (χ4n) is 9.70. The molecule has 282 valence electrons. The summed E-state index contributed by atoms with van der Waals surface area (Å²) in [7, 11) is 0. The van der Waals surface area contributed by atoms with Gasteiger partial charge in [0.1, 0.15) is 0 Å². The maximum Gasteiger partial charge on any atom is 0.165 e. The number of fused-ring (bicyclic) bond motifs is 16. The lowest BCUT2D eigenvalue weighted by Gasteiger charge is -2.16. The second-order valence-electron chi connectivity index (χ2n) is 15.9. The molecule has 0 saturated heterocycles. The molecule has 14 rings (SSSR count). The van der Waals surface area contributed by atoms with Crippen molar-refractivity contribution in [2.45, 2.75) is 0 Å². The molecule has 0 saturated carbocycles. The van der Waals surface area contributed by atoms with E-state index in [1.54, 1.807) is 0 Å². The number of nitrogens with zero attached hydrogens (tertiary/aromatic N) is 3. The fourth-order valence-corrected chi connectivity index (χ4v) is 13.2. The van der Waals surface area contributed by atoms with E-state index in [-0.39, 0.29) is 0 Å². The highest BCUT2D eigenvalue weighted by molar-refractivity contribution is 7.26.